The first-order valence-electron chi connectivity index (χ1n) is 8.54. The van der Waals surface area contributed by atoms with Crippen LogP contribution in [0, 0.1) is 0 Å². The maximum atomic E-state index is 13.5. The molecule has 156 valence electrons. The number of carbonyl (C=O) groups is 2. The van der Waals surface area contributed by atoms with Crippen LogP contribution in [0.15, 0.2) is 18.2 Å². The molecule has 1 fully saturated rings. The second kappa shape index (κ2) is 9.80. The number of anilines is 2. The Morgan fingerprint density at radius 1 is 1.36 bits per heavy atom. The summed E-state index contributed by atoms with van der Waals surface area (Å²) in [5.74, 6) is -1.14. The van der Waals surface area contributed by atoms with Gasteiger partial charge in [0.05, 0.1) is 18.8 Å². The summed E-state index contributed by atoms with van der Waals surface area (Å²) in [6, 6.07) is 2.68. The Morgan fingerprint density at radius 2 is 2.07 bits per heavy atom. The van der Waals surface area contributed by atoms with Crippen LogP contribution in [0.3, 0.4) is 0 Å². The zero-order valence-corrected chi connectivity index (χ0v) is 15.2. The van der Waals surface area contributed by atoms with Crippen molar-refractivity contribution >= 4 is 23.2 Å². The molecule has 28 heavy (non-hydrogen) atoms. The van der Waals surface area contributed by atoms with E-state index in [9.17, 15) is 27.2 Å². The summed E-state index contributed by atoms with van der Waals surface area (Å²) >= 11 is 0. The average Bonchev–Trinajstić information content (AvgIpc) is 2.62. The number of carbonyl (C=O) groups excluding carboxylic acids is 2. The fraction of sp³-hybridized carbons (Fsp3) is 0.529. The van der Waals surface area contributed by atoms with Gasteiger partial charge in [-0.3, -0.25) is 14.5 Å². The van der Waals surface area contributed by atoms with E-state index in [0.29, 0.717) is 0 Å². The van der Waals surface area contributed by atoms with E-state index in [-0.39, 0.29) is 37.7 Å². The maximum Gasteiger partial charge on any atom is 0.265 e. The van der Waals surface area contributed by atoms with Gasteiger partial charge in [0.1, 0.15) is 12.6 Å². The topological polar surface area (TPSA) is 87.9 Å². The highest BCUT2D eigenvalue weighted by molar-refractivity contribution is 5.97. The molecule has 0 unspecified atom stereocenters. The lowest BCUT2D eigenvalue weighted by Gasteiger charge is -2.29. The molecule has 0 radical (unpaired) electrons. The highest BCUT2D eigenvalue weighted by Crippen LogP contribution is 2.33. The normalized spacial score (nSPS) is 16.2. The minimum Gasteiger partial charge on any atom is -0.370 e. The summed E-state index contributed by atoms with van der Waals surface area (Å²) in [4.78, 5) is 26.6. The molecule has 2 rings (SSSR count). The van der Waals surface area contributed by atoms with Gasteiger partial charge < -0.3 is 20.7 Å². The van der Waals surface area contributed by atoms with Crippen LogP contribution in [0.5, 0.6) is 0 Å². The van der Waals surface area contributed by atoms with Crippen molar-refractivity contribution in [1.82, 2.24) is 4.90 Å². The molecule has 0 saturated carbocycles. The number of rotatable bonds is 8. The zero-order valence-electron chi connectivity index (χ0n) is 15.2. The quantitative estimate of drug-likeness (QED) is 0.638. The van der Waals surface area contributed by atoms with Crippen LogP contribution < -0.4 is 16.0 Å². The fourth-order valence-electron chi connectivity index (χ4n) is 2.88. The Morgan fingerprint density at radius 3 is 2.64 bits per heavy atom. The van der Waals surface area contributed by atoms with Gasteiger partial charge >= 0.3 is 0 Å². The van der Waals surface area contributed by atoms with Crippen molar-refractivity contribution in [1.29, 1.82) is 0 Å². The Labute approximate surface area is 159 Å². The lowest BCUT2D eigenvalue weighted by atomic mass is 10.1. The number of nitrogens with two attached hydrogens (primary N) is 1. The first-order valence-corrected chi connectivity index (χ1v) is 8.54. The third kappa shape index (κ3) is 5.40. The van der Waals surface area contributed by atoms with Crippen molar-refractivity contribution in [2.45, 2.75) is 18.9 Å². The van der Waals surface area contributed by atoms with Crippen molar-refractivity contribution < 1.29 is 31.9 Å². The van der Waals surface area contributed by atoms with Crippen molar-refractivity contribution in [3.05, 3.63) is 23.8 Å². The molecule has 1 aliphatic rings. The van der Waals surface area contributed by atoms with E-state index in [1.54, 1.807) is 0 Å². The number of hydrogen-bond acceptors (Lipinski definition) is 5. The number of morpholine rings is 1. The molecule has 1 aromatic carbocycles. The summed E-state index contributed by atoms with van der Waals surface area (Å²) in [6.45, 7) is -0.720. The number of nitrogens with zero attached hydrogens (tertiary/aromatic N) is 2. The van der Waals surface area contributed by atoms with Crippen LogP contribution in [0.25, 0.3) is 0 Å². The van der Waals surface area contributed by atoms with Gasteiger partial charge in [-0.15, -0.1) is 0 Å². The van der Waals surface area contributed by atoms with Gasteiger partial charge in [-0.05, 0) is 25.2 Å². The van der Waals surface area contributed by atoms with E-state index in [1.807, 2.05) is 0 Å². The smallest absolute Gasteiger partial charge is 0.265 e. The van der Waals surface area contributed by atoms with Gasteiger partial charge in [0.15, 0.2) is 0 Å². The summed E-state index contributed by atoms with van der Waals surface area (Å²) < 4.78 is 57.1. The summed E-state index contributed by atoms with van der Waals surface area (Å²) in [5, 5.41) is 2.42. The van der Waals surface area contributed by atoms with E-state index >= 15 is 0 Å². The predicted molar refractivity (Wildman–Crippen MR) is 94.7 cm³/mol. The summed E-state index contributed by atoms with van der Waals surface area (Å²) in [5.41, 5.74) is 5.15. The number of amides is 2. The number of likely N-dealkylation sites (N-methyl/N-ethyl adjacent to an activating group) is 1. The minimum absolute atomic E-state index is 0.0338. The number of benzene rings is 1. The van der Waals surface area contributed by atoms with Gasteiger partial charge in [-0.25, -0.2) is 17.6 Å². The van der Waals surface area contributed by atoms with Gasteiger partial charge in [0.25, 0.3) is 18.8 Å². The van der Waals surface area contributed by atoms with E-state index in [0.717, 1.165) is 11.0 Å². The minimum atomic E-state index is -2.89. The molecule has 1 saturated heterocycles. The molecule has 0 aliphatic carbocycles. The number of nitrogens with one attached hydrogen (secondary N) is 1. The predicted octanol–water partition coefficient (Wildman–Crippen LogP) is 1.45. The van der Waals surface area contributed by atoms with Crippen molar-refractivity contribution in [3.63, 3.8) is 0 Å². The van der Waals surface area contributed by atoms with Crippen LogP contribution in [-0.4, -0.2) is 69.1 Å². The third-order valence-electron chi connectivity index (χ3n) is 4.29. The molecule has 0 spiro atoms. The second-order valence-corrected chi connectivity index (χ2v) is 6.24. The van der Waals surface area contributed by atoms with Gasteiger partial charge in [0, 0.05) is 24.3 Å². The first kappa shape index (κ1) is 22.1. The number of halogens is 4. The van der Waals surface area contributed by atoms with Crippen LogP contribution in [-0.2, 0) is 14.3 Å². The highest BCUT2D eigenvalue weighted by atomic mass is 19.3. The molecule has 0 bridgehead atoms. The number of alkyl halides is 4. The van der Waals surface area contributed by atoms with Crippen molar-refractivity contribution in [3.8, 4) is 0 Å². The van der Waals surface area contributed by atoms with Gasteiger partial charge in [0.2, 0.25) is 5.91 Å². The molecule has 7 nitrogen and oxygen atoms in total. The molecule has 0 aromatic heterocycles. The number of ether oxygens (including phenoxy) is 1. The Balaban J connectivity index is 2.21. The monoisotopic (exact) mass is 406 g/mol. The van der Waals surface area contributed by atoms with Crippen LogP contribution >= 0.6 is 0 Å². The Kier molecular flexibility index (Phi) is 7.72. The molecule has 11 heteroatoms. The lowest BCUT2D eigenvalue weighted by Crippen LogP contribution is -2.48. The molecular weight excluding hydrogens is 384 g/mol. The van der Waals surface area contributed by atoms with Crippen LogP contribution in [0.1, 0.15) is 12.0 Å². The van der Waals surface area contributed by atoms with Crippen LogP contribution in [0.4, 0.5) is 28.9 Å². The van der Waals surface area contributed by atoms with Crippen molar-refractivity contribution in [2.75, 3.05) is 50.1 Å². The Bertz CT molecular complexity index is 705. The first-order chi connectivity index (χ1) is 13.2. The van der Waals surface area contributed by atoms with E-state index in [4.69, 9.17) is 10.5 Å². The molecule has 1 aliphatic heterocycles. The molecular formula is C17H22F4N4O3. The largest absolute Gasteiger partial charge is 0.370 e. The Hall–Kier alpha value is -2.24. The molecule has 1 atom stereocenters. The second-order valence-electron chi connectivity index (χ2n) is 6.24. The van der Waals surface area contributed by atoms with E-state index in [2.05, 4.69) is 5.32 Å². The molecule has 1 heterocycles. The molecule has 1 aromatic rings. The van der Waals surface area contributed by atoms with Gasteiger partial charge in [-0.1, -0.05) is 0 Å². The maximum absolute atomic E-state index is 13.5. The zero-order chi connectivity index (χ0) is 20.8. The molecule has 3 N–H and O–H groups in total. The lowest BCUT2D eigenvalue weighted by molar-refractivity contribution is -0.125. The van der Waals surface area contributed by atoms with Crippen molar-refractivity contribution in [2.24, 2.45) is 5.73 Å². The SMILES string of the molecule is CN(CC(F)F)[C@H](CN)C(=O)Nc1ccc(N2CCOCC2=O)c(C(F)F)c1. The fourth-order valence-corrected chi connectivity index (χ4v) is 2.88. The van der Waals surface area contributed by atoms with E-state index in [1.165, 1.54) is 24.1 Å². The van der Waals surface area contributed by atoms with E-state index < -0.39 is 42.8 Å². The molecule has 2 amide bonds. The van der Waals surface area contributed by atoms with Crippen LogP contribution in [0.2, 0.25) is 0 Å². The standard InChI is InChI=1S/C17H22F4N4O3/c1-24(8-14(18)19)13(7-22)17(27)23-10-2-3-12(11(6-10)16(20)21)25-4-5-28-9-15(25)26/h2-3,6,13-14,16H,4-5,7-9,22H2,1H3,(H,23,27)/t13-/m1/s1. The average molecular weight is 406 g/mol. The van der Waals surface area contributed by atoms with Gasteiger partial charge in [-0.2, -0.15) is 0 Å². The number of hydrogen-bond donors (Lipinski definition) is 2. The third-order valence-corrected chi connectivity index (χ3v) is 4.29. The summed E-state index contributed by atoms with van der Waals surface area (Å²) in [6.07, 6.45) is -5.54. The summed E-state index contributed by atoms with van der Waals surface area (Å²) in [7, 11) is 1.32. The highest BCUT2D eigenvalue weighted by Gasteiger charge is 2.27.